The molecular formula is C22H24F3N3O3. The van der Waals surface area contributed by atoms with Gasteiger partial charge in [-0.1, -0.05) is 18.2 Å². The highest BCUT2D eigenvalue weighted by Crippen LogP contribution is 2.38. The Labute approximate surface area is 178 Å². The molecule has 0 aliphatic carbocycles. The summed E-state index contributed by atoms with van der Waals surface area (Å²) < 4.78 is 45.0. The number of furan rings is 1. The quantitative estimate of drug-likeness (QED) is 0.744. The van der Waals surface area contributed by atoms with Gasteiger partial charge in [-0.25, -0.2) is 0 Å². The first-order valence-corrected chi connectivity index (χ1v) is 10.2. The Bertz CT molecular complexity index is 937. The first-order chi connectivity index (χ1) is 14.7. The van der Waals surface area contributed by atoms with Gasteiger partial charge in [0.15, 0.2) is 5.76 Å². The molecule has 2 aliphatic rings. The Morgan fingerprint density at radius 2 is 1.74 bits per heavy atom. The van der Waals surface area contributed by atoms with Crippen LogP contribution < -0.4 is 0 Å². The highest BCUT2D eigenvalue weighted by Gasteiger charge is 2.43. The Balaban J connectivity index is 1.63. The molecule has 0 radical (unpaired) electrons. The molecule has 0 unspecified atom stereocenters. The van der Waals surface area contributed by atoms with Crippen molar-refractivity contribution >= 4 is 11.8 Å². The van der Waals surface area contributed by atoms with E-state index in [-0.39, 0.29) is 30.7 Å². The molecule has 2 atom stereocenters. The molecular weight excluding hydrogens is 411 g/mol. The van der Waals surface area contributed by atoms with Crippen molar-refractivity contribution in [3.8, 4) is 0 Å². The first-order valence-electron chi connectivity index (χ1n) is 10.2. The molecule has 0 N–H and O–H groups in total. The fourth-order valence-corrected chi connectivity index (χ4v) is 4.32. The lowest BCUT2D eigenvalue weighted by Gasteiger charge is -2.35. The number of hydrogen-bond donors (Lipinski definition) is 0. The van der Waals surface area contributed by atoms with Gasteiger partial charge in [-0.15, -0.1) is 0 Å². The van der Waals surface area contributed by atoms with Crippen molar-refractivity contribution in [2.75, 3.05) is 46.3 Å². The summed E-state index contributed by atoms with van der Waals surface area (Å²) in [5.41, 5.74) is -0.344. The van der Waals surface area contributed by atoms with Gasteiger partial charge >= 0.3 is 6.18 Å². The second-order valence-corrected chi connectivity index (χ2v) is 8.15. The summed E-state index contributed by atoms with van der Waals surface area (Å²) in [4.78, 5) is 31.5. The lowest BCUT2D eigenvalue weighted by molar-refractivity contribution is -0.137. The highest BCUT2D eigenvalue weighted by atomic mass is 19.4. The standard InChI is InChI=1S/C22H24F3N3O3/c1-26-7-9-27(10-8-26)20(29)18-14-28(21(30)19-6-3-11-31-19)13-17(18)15-4-2-5-16(12-15)22(23,24)25/h2-6,11-12,17-18H,7-10,13-14H2,1H3/t17-,18+/m1/s1. The van der Waals surface area contributed by atoms with Crippen LogP contribution in [0.2, 0.25) is 0 Å². The molecule has 2 fully saturated rings. The van der Waals surface area contributed by atoms with E-state index in [9.17, 15) is 22.8 Å². The van der Waals surface area contributed by atoms with Gasteiger partial charge in [-0.3, -0.25) is 9.59 Å². The summed E-state index contributed by atoms with van der Waals surface area (Å²) in [6.45, 7) is 2.90. The molecule has 31 heavy (non-hydrogen) atoms. The maximum absolute atomic E-state index is 13.4. The zero-order valence-electron chi connectivity index (χ0n) is 17.1. The molecule has 2 aliphatic heterocycles. The number of piperazine rings is 1. The van der Waals surface area contributed by atoms with E-state index in [4.69, 9.17) is 4.42 Å². The van der Waals surface area contributed by atoms with Crippen molar-refractivity contribution in [3.05, 3.63) is 59.5 Å². The van der Waals surface area contributed by atoms with Crippen molar-refractivity contribution in [3.63, 3.8) is 0 Å². The van der Waals surface area contributed by atoms with Crippen LogP contribution in [0, 0.1) is 5.92 Å². The summed E-state index contributed by atoms with van der Waals surface area (Å²) in [7, 11) is 1.98. The van der Waals surface area contributed by atoms with Crippen LogP contribution in [0.25, 0.3) is 0 Å². The molecule has 0 bridgehead atoms. The SMILES string of the molecule is CN1CCN(C(=O)[C@H]2CN(C(=O)c3ccco3)C[C@@H]2c2cccc(C(F)(F)F)c2)CC1. The number of hydrogen-bond acceptors (Lipinski definition) is 4. The summed E-state index contributed by atoms with van der Waals surface area (Å²) in [5, 5.41) is 0. The number of likely N-dealkylation sites (tertiary alicyclic amines) is 1. The zero-order valence-corrected chi connectivity index (χ0v) is 17.1. The van der Waals surface area contributed by atoms with E-state index in [0.29, 0.717) is 18.7 Å². The molecule has 2 amide bonds. The fraction of sp³-hybridized carbons (Fsp3) is 0.455. The Kier molecular flexibility index (Phi) is 5.79. The topological polar surface area (TPSA) is 57.0 Å². The van der Waals surface area contributed by atoms with Crippen LogP contribution in [0.1, 0.15) is 27.6 Å². The van der Waals surface area contributed by atoms with Crippen molar-refractivity contribution in [1.29, 1.82) is 0 Å². The summed E-state index contributed by atoms with van der Waals surface area (Å²) in [6, 6.07) is 8.20. The molecule has 2 saturated heterocycles. The lowest BCUT2D eigenvalue weighted by Crippen LogP contribution is -2.50. The van der Waals surface area contributed by atoms with Crippen LogP contribution in [-0.2, 0) is 11.0 Å². The molecule has 0 saturated carbocycles. The number of alkyl halides is 3. The number of likely N-dealkylation sites (N-methyl/N-ethyl adjacent to an activating group) is 1. The van der Waals surface area contributed by atoms with Gasteiger partial charge < -0.3 is 19.1 Å². The average Bonchev–Trinajstić information content (AvgIpc) is 3.43. The molecule has 2 aromatic rings. The van der Waals surface area contributed by atoms with E-state index in [2.05, 4.69) is 4.90 Å². The van der Waals surface area contributed by atoms with Crippen LogP contribution in [0.4, 0.5) is 13.2 Å². The molecule has 3 heterocycles. The van der Waals surface area contributed by atoms with E-state index in [0.717, 1.165) is 25.2 Å². The van der Waals surface area contributed by atoms with E-state index >= 15 is 0 Å². The minimum atomic E-state index is -4.48. The van der Waals surface area contributed by atoms with Crippen LogP contribution in [0.3, 0.4) is 0 Å². The largest absolute Gasteiger partial charge is 0.459 e. The van der Waals surface area contributed by atoms with Gasteiger partial charge in [0.25, 0.3) is 5.91 Å². The highest BCUT2D eigenvalue weighted by molar-refractivity contribution is 5.92. The third kappa shape index (κ3) is 4.46. The van der Waals surface area contributed by atoms with Crippen molar-refractivity contribution < 1.29 is 27.2 Å². The predicted molar refractivity (Wildman–Crippen MR) is 106 cm³/mol. The molecule has 0 spiro atoms. The number of nitrogens with zero attached hydrogens (tertiary/aromatic N) is 3. The third-order valence-electron chi connectivity index (χ3n) is 6.11. The Morgan fingerprint density at radius 1 is 1.00 bits per heavy atom. The second kappa shape index (κ2) is 8.37. The molecule has 166 valence electrons. The third-order valence-corrected chi connectivity index (χ3v) is 6.11. The van der Waals surface area contributed by atoms with Crippen LogP contribution in [-0.4, -0.2) is 72.8 Å². The number of carbonyl (C=O) groups excluding carboxylic acids is 2. The van der Waals surface area contributed by atoms with Gasteiger partial charge in [-0.05, 0) is 30.8 Å². The van der Waals surface area contributed by atoms with Gasteiger partial charge in [0.2, 0.25) is 5.91 Å². The number of amides is 2. The van der Waals surface area contributed by atoms with Crippen molar-refractivity contribution in [1.82, 2.24) is 14.7 Å². The maximum Gasteiger partial charge on any atom is 0.416 e. The predicted octanol–water partition coefficient (Wildman–Crippen LogP) is 2.93. The van der Waals surface area contributed by atoms with Crippen molar-refractivity contribution in [2.45, 2.75) is 12.1 Å². The summed E-state index contributed by atoms with van der Waals surface area (Å²) in [5.74, 6) is -1.46. The van der Waals surface area contributed by atoms with Crippen LogP contribution in [0.15, 0.2) is 47.1 Å². The van der Waals surface area contributed by atoms with Gasteiger partial charge in [0.05, 0.1) is 17.7 Å². The Hall–Kier alpha value is -2.81. The molecule has 1 aromatic carbocycles. The number of benzene rings is 1. The van der Waals surface area contributed by atoms with E-state index in [1.54, 1.807) is 17.0 Å². The first kappa shape index (κ1) is 21.4. The summed E-state index contributed by atoms with van der Waals surface area (Å²) >= 11 is 0. The van der Waals surface area contributed by atoms with Gasteiger partial charge in [0.1, 0.15) is 0 Å². The Morgan fingerprint density at radius 3 is 2.39 bits per heavy atom. The van der Waals surface area contributed by atoms with E-state index in [1.165, 1.54) is 23.3 Å². The number of rotatable bonds is 3. The van der Waals surface area contributed by atoms with Gasteiger partial charge in [-0.2, -0.15) is 13.2 Å². The van der Waals surface area contributed by atoms with Crippen LogP contribution in [0.5, 0.6) is 0 Å². The molecule has 1 aromatic heterocycles. The normalized spacial score (nSPS) is 22.7. The monoisotopic (exact) mass is 435 g/mol. The van der Waals surface area contributed by atoms with Crippen molar-refractivity contribution in [2.24, 2.45) is 5.92 Å². The average molecular weight is 435 g/mol. The molecule has 9 heteroatoms. The number of carbonyl (C=O) groups is 2. The summed E-state index contributed by atoms with van der Waals surface area (Å²) in [6.07, 6.45) is -3.09. The molecule has 6 nitrogen and oxygen atoms in total. The minimum Gasteiger partial charge on any atom is -0.459 e. The van der Waals surface area contributed by atoms with E-state index in [1.807, 2.05) is 7.05 Å². The fourth-order valence-electron chi connectivity index (χ4n) is 4.32. The maximum atomic E-state index is 13.4. The molecule has 4 rings (SSSR count). The van der Waals surface area contributed by atoms with Gasteiger partial charge in [0, 0.05) is 45.2 Å². The minimum absolute atomic E-state index is 0.120. The number of halogens is 3. The zero-order chi connectivity index (χ0) is 22.2. The smallest absolute Gasteiger partial charge is 0.416 e. The van der Waals surface area contributed by atoms with Crippen LogP contribution >= 0.6 is 0 Å². The van der Waals surface area contributed by atoms with E-state index < -0.39 is 23.6 Å². The second-order valence-electron chi connectivity index (χ2n) is 8.15. The lowest BCUT2D eigenvalue weighted by atomic mass is 9.87.